The highest BCUT2D eigenvalue weighted by Crippen LogP contribution is 2.15. The molecule has 1 rings (SSSR count). The highest BCUT2D eigenvalue weighted by Gasteiger charge is 1.95. The SMILES string of the molecule is C1CCCCC1.N[P+](N)=O. The van der Waals surface area contributed by atoms with E-state index in [1.807, 2.05) is 0 Å². The smallest absolute Gasteiger partial charge is 0.104 e. The molecule has 0 saturated heterocycles. The molecular formula is C6H16N2OP+. The molecule has 4 heteroatoms. The van der Waals surface area contributed by atoms with Gasteiger partial charge >= 0.3 is 8.10 Å². The summed E-state index contributed by atoms with van der Waals surface area (Å²) < 4.78 is 9.15. The Morgan fingerprint density at radius 3 is 1.00 bits per heavy atom. The Hall–Kier alpha value is 0.0200. The molecule has 0 atom stereocenters. The van der Waals surface area contributed by atoms with E-state index in [-0.39, 0.29) is 0 Å². The zero-order valence-electron chi connectivity index (χ0n) is 6.25. The van der Waals surface area contributed by atoms with Crippen LogP contribution in [0.1, 0.15) is 38.5 Å². The Morgan fingerprint density at radius 2 is 0.900 bits per heavy atom. The minimum Gasteiger partial charge on any atom is -0.104 e. The minimum atomic E-state index is -1.87. The van der Waals surface area contributed by atoms with Crippen molar-refractivity contribution in [1.29, 1.82) is 0 Å². The molecule has 60 valence electrons. The van der Waals surface area contributed by atoms with E-state index in [9.17, 15) is 0 Å². The summed E-state index contributed by atoms with van der Waals surface area (Å²) >= 11 is 0. The third-order valence-electron chi connectivity index (χ3n) is 1.50. The number of hydrogen-bond donors (Lipinski definition) is 2. The van der Waals surface area contributed by atoms with Crippen molar-refractivity contribution in [2.24, 2.45) is 11.0 Å². The minimum absolute atomic E-state index is 1.50. The van der Waals surface area contributed by atoms with Crippen LogP contribution in [-0.2, 0) is 4.57 Å². The topological polar surface area (TPSA) is 69.1 Å². The van der Waals surface area contributed by atoms with Gasteiger partial charge in [0.25, 0.3) is 0 Å². The van der Waals surface area contributed by atoms with Crippen molar-refractivity contribution in [2.75, 3.05) is 0 Å². The molecule has 0 bridgehead atoms. The van der Waals surface area contributed by atoms with Gasteiger partial charge in [-0.05, 0) is 4.57 Å². The van der Waals surface area contributed by atoms with Crippen molar-refractivity contribution in [3.05, 3.63) is 0 Å². The van der Waals surface area contributed by atoms with Crippen LogP contribution >= 0.6 is 8.10 Å². The summed E-state index contributed by atoms with van der Waals surface area (Å²) in [5, 5.41) is 0. The molecule has 1 saturated carbocycles. The number of hydrogen-bond acceptors (Lipinski definition) is 1. The third kappa shape index (κ3) is 10.9. The lowest BCUT2D eigenvalue weighted by molar-refractivity contribution is 0.504. The summed E-state index contributed by atoms with van der Waals surface area (Å²) in [7, 11) is -1.87. The lowest BCUT2D eigenvalue weighted by Crippen LogP contribution is -1.85. The van der Waals surface area contributed by atoms with Crippen LogP contribution in [-0.4, -0.2) is 0 Å². The maximum Gasteiger partial charge on any atom is 0.526 e. The monoisotopic (exact) mass is 163 g/mol. The summed E-state index contributed by atoms with van der Waals surface area (Å²) in [6.07, 6.45) is 9.00. The normalized spacial score (nSPS) is 17.0. The van der Waals surface area contributed by atoms with Gasteiger partial charge in [0, 0.05) is 0 Å². The van der Waals surface area contributed by atoms with Crippen molar-refractivity contribution in [3.8, 4) is 0 Å². The van der Waals surface area contributed by atoms with Crippen LogP contribution in [0, 0.1) is 0 Å². The first kappa shape index (κ1) is 10.0. The summed E-state index contributed by atoms with van der Waals surface area (Å²) in [5.74, 6) is 0. The number of nitrogens with two attached hydrogens (primary N) is 2. The van der Waals surface area contributed by atoms with Crippen molar-refractivity contribution in [1.82, 2.24) is 0 Å². The molecule has 0 aromatic rings. The fraction of sp³-hybridized carbons (Fsp3) is 1.00. The molecule has 1 aliphatic carbocycles. The zero-order valence-corrected chi connectivity index (χ0v) is 7.15. The Kier molecular flexibility index (Phi) is 7.15. The molecule has 0 spiro atoms. The molecule has 0 heterocycles. The van der Waals surface area contributed by atoms with E-state index in [1.165, 1.54) is 38.5 Å². The van der Waals surface area contributed by atoms with E-state index in [0.717, 1.165) is 0 Å². The summed E-state index contributed by atoms with van der Waals surface area (Å²) in [6.45, 7) is 0. The average Bonchev–Trinajstić information content (AvgIpc) is 1.90. The maximum absolute atomic E-state index is 9.15. The van der Waals surface area contributed by atoms with Gasteiger partial charge in [-0.1, -0.05) is 38.5 Å². The highest BCUT2D eigenvalue weighted by atomic mass is 31.1. The van der Waals surface area contributed by atoms with E-state index < -0.39 is 8.10 Å². The maximum atomic E-state index is 9.15. The van der Waals surface area contributed by atoms with Crippen LogP contribution < -0.4 is 11.0 Å². The van der Waals surface area contributed by atoms with Gasteiger partial charge < -0.3 is 0 Å². The van der Waals surface area contributed by atoms with E-state index in [4.69, 9.17) is 4.57 Å². The van der Waals surface area contributed by atoms with Crippen LogP contribution in [0.15, 0.2) is 0 Å². The fourth-order valence-electron chi connectivity index (χ4n) is 1.06. The highest BCUT2D eigenvalue weighted by molar-refractivity contribution is 7.39. The van der Waals surface area contributed by atoms with Gasteiger partial charge in [0.1, 0.15) is 0 Å². The lowest BCUT2D eigenvalue weighted by atomic mass is 10.0. The largest absolute Gasteiger partial charge is 0.526 e. The molecule has 1 aliphatic rings. The van der Waals surface area contributed by atoms with Crippen molar-refractivity contribution >= 4 is 8.10 Å². The average molecular weight is 163 g/mol. The molecule has 1 fully saturated rings. The van der Waals surface area contributed by atoms with Gasteiger partial charge in [-0.15, -0.1) is 11.0 Å². The van der Waals surface area contributed by atoms with Crippen molar-refractivity contribution in [2.45, 2.75) is 38.5 Å². The van der Waals surface area contributed by atoms with Gasteiger partial charge in [0.15, 0.2) is 0 Å². The summed E-state index contributed by atoms with van der Waals surface area (Å²) in [5.41, 5.74) is 8.80. The Balaban J connectivity index is 0.000000180. The van der Waals surface area contributed by atoms with E-state index in [1.54, 1.807) is 0 Å². The zero-order chi connectivity index (χ0) is 7.82. The second-order valence-corrected chi connectivity index (χ2v) is 3.20. The lowest BCUT2D eigenvalue weighted by Gasteiger charge is -2.05. The van der Waals surface area contributed by atoms with Crippen LogP contribution in [0.4, 0.5) is 0 Å². The molecule has 0 aliphatic heterocycles. The second kappa shape index (κ2) is 7.13. The summed E-state index contributed by atoms with van der Waals surface area (Å²) in [6, 6.07) is 0. The first-order chi connectivity index (χ1) is 4.73. The van der Waals surface area contributed by atoms with Gasteiger partial charge in [-0.3, -0.25) is 0 Å². The van der Waals surface area contributed by atoms with Crippen molar-refractivity contribution in [3.63, 3.8) is 0 Å². The molecule has 10 heavy (non-hydrogen) atoms. The first-order valence-corrected chi connectivity index (χ1v) is 5.10. The molecule has 3 nitrogen and oxygen atoms in total. The first-order valence-electron chi connectivity index (χ1n) is 3.70. The van der Waals surface area contributed by atoms with Crippen LogP contribution in [0.5, 0.6) is 0 Å². The Labute approximate surface area is 63.1 Å². The molecule has 0 aromatic carbocycles. The van der Waals surface area contributed by atoms with Crippen molar-refractivity contribution < 1.29 is 4.57 Å². The van der Waals surface area contributed by atoms with E-state index >= 15 is 0 Å². The van der Waals surface area contributed by atoms with Crippen LogP contribution in [0.3, 0.4) is 0 Å². The quantitative estimate of drug-likeness (QED) is 0.536. The molecule has 0 aromatic heterocycles. The Bertz CT molecular complexity index is 78.2. The molecule has 0 amide bonds. The van der Waals surface area contributed by atoms with Gasteiger partial charge in [-0.25, -0.2) is 0 Å². The number of rotatable bonds is 0. The van der Waals surface area contributed by atoms with Gasteiger partial charge in [0.2, 0.25) is 0 Å². The Morgan fingerprint density at radius 1 is 0.800 bits per heavy atom. The van der Waals surface area contributed by atoms with Crippen LogP contribution in [0.25, 0.3) is 0 Å². The molecule has 4 N–H and O–H groups in total. The van der Waals surface area contributed by atoms with E-state index in [0.29, 0.717) is 0 Å². The molecule has 0 unspecified atom stereocenters. The predicted octanol–water partition coefficient (Wildman–Crippen LogP) is 1.90. The van der Waals surface area contributed by atoms with Gasteiger partial charge in [-0.2, -0.15) is 0 Å². The fourth-order valence-corrected chi connectivity index (χ4v) is 1.06. The standard InChI is InChI=1S/C6H12.H4N2OP/c1-2-4-6-5-3-1;1-4(2)3/h1-6H2;(H4,1,2,3)/q;+1. The van der Waals surface area contributed by atoms with E-state index in [2.05, 4.69) is 11.0 Å². The molecular weight excluding hydrogens is 147 g/mol. The van der Waals surface area contributed by atoms with Crippen LogP contribution in [0.2, 0.25) is 0 Å². The second-order valence-electron chi connectivity index (χ2n) is 2.48. The third-order valence-corrected chi connectivity index (χ3v) is 1.50. The van der Waals surface area contributed by atoms with Gasteiger partial charge in [0.05, 0.1) is 0 Å². The predicted molar refractivity (Wildman–Crippen MR) is 43.7 cm³/mol. The molecule has 0 radical (unpaired) electrons. The summed E-state index contributed by atoms with van der Waals surface area (Å²) in [4.78, 5) is 0.